The molecule has 0 unspecified atom stereocenters. The van der Waals surface area contributed by atoms with Gasteiger partial charge in [0.25, 0.3) is 0 Å². The summed E-state index contributed by atoms with van der Waals surface area (Å²) in [4.78, 5) is 24.9. The molecule has 0 radical (unpaired) electrons. The monoisotopic (exact) mass is 283 g/mol. The van der Waals surface area contributed by atoms with Crippen LogP contribution in [0.15, 0.2) is 6.07 Å². The van der Waals surface area contributed by atoms with Gasteiger partial charge in [0, 0.05) is 19.0 Å². The summed E-state index contributed by atoms with van der Waals surface area (Å²) < 4.78 is 10.0. The van der Waals surface area contributed by atoms with Gasteiger partial charge in [-0.05, 0) is 12.5 Å². The SMILES string of the molecule is COC(=O)c1cc(Cl)c2c(c1OC)CCN2C(C)=O. The topological polar surface area (TPSA) is 55.8 Å². The molecule has 0 N–H and O–H groups in total. The molecule has 0 aliphatic carbocycles. The zero-order chi connectivity index (χ0) is 14.2. The molecule has 19 heavy (non-hydrogen) atoms. The Balaban J connectivity index is 2.65. The van der Waals surface area contributed by atoms with Crippen molar-refractivity contribution in [3.8, 4) is 5.75 Å². The highest BCUT2D eigenvalue weighted by molar-refractivity contribution is 6.34. The van der Waals surface area contributed by atoms with Gasteiger partial charge < -0.3 is 14.4 Å². The Labute approximate surface area is 116 Å². The first-order valence-corrected chi connectivity index (χ1v) is 6.14. The van der Waals surface area contributed by atoms with E-state index in [4.69, 9.17) is 21.1 Å². The van der Waals surface area contributed by atoms with Crippen LogP contribution in [0.5, 0.6) is 5.75 Å². The van der Waals surface area contributed by atoms with Crippen LogP contribution in [0.1, 0.15) is 22.8 Å². The third kappa shape index (κ3) is 2.14. The summed E-state index contributed by atoms with van der Waals surface area (Å²) in [5, 5.41) is 0.351. The second kappa shape index (κ2) is 5.09. The average Bonchev–Trinajstić information content (AvgIpc) is 2.83. The fraction of sp³-hybridized carbons (Fsp3) is 0.385. The summed E-state index contributed by atoms with van der Waals surface area (Å²) in [7, 11) is 2.77. The molecule has 1 aliphatic heterocycles. The minimum Gasteiger partial charge on any atom is -0.495 e. The lowest BCUT2D eigenvalue weighted by Crippen LogP contribution is -2.26. The van der Waals surface area contributed by atoms with Crippen LogP contribution >= 0.6 is 11.6 Å². The summed E-state index contributed by atoms with van der Waals surface area (Å²) in [5.41, 5.74) is 1.67. The number of halogens is 1. The van der Waals surface area contributed by atoms with Crippen LogP contribution in [0.3, 0.4) is 0 Å². The fourth-order valence-electron chi connectivity index (χ4n) is 2.34. The van der Waals surface area contributed by atoms with E-state index < -0.39 is 5.97 Å². The third-order valence-corrected chi connectivity index (χ3v) is 3.43. The van der Waals surface area contributed by atoms with Crippen molar-refractivity contribution in [1.29, 1.82) is 0 Å². The predicted molar refractivity (Wildman–Crippen MR) is 71.1 cm³/mol. The molecule has 0 atom stereocenters. The number of anilines is 1. The summed E-state index contributed by atoms with van der Waals surface area (Å²) in [6, 6.07) is 1.48. The molecule has 0 fully saturated rings. The summed E-state index contributed by atoms with van der Waals surface area (Å²) in [6.45, 7) is 2.01. The number of ether oxygens (including phenoxy) is 2. The maximum Gasteiger partial charge on any atom is 0.341 e. The summed E-state index contributed by atoms with van der Waals surface area (Å²) in [6.07, 6.45) is 0.600. The minimum atomic E-state index is -0.511. The Bertz CT molecular complexity index is 556. The molecule has 1 heterocycles. The van der Waals surface area contributed by atoms with E-state index in [-0.39, 0.29) is 11.5 Å². The Hall–Kier alpha value is -1.75. The van der Waals surface area contributed by atoms with Crippen molar-refractivity contribution in [1.82, 2.24) is 0 Å². The van der Waals surface area contributed by atoms with E-state index in [2.05, 4.69) is 0 Å². The number of hydrogen-bond acceptors (Lipinski definition) is 4. The van der Waals surface area contributed by atoms with Gasteiger partial charge in [-0.3, -0.25) is 4.79 Å². The van der Waals surface area contributed by atoms with E-state index in [1.807, 2.05) is 0 Å². The molecular formula is C13H14ClNO4. The van der Waals surface area contributed by atoms with E-state index in [0.717, 1.165) is 5.56 Å². The molecule has 1 aromatic rings. The molecule has 5 nitrogen and oxygen atoms in total. The van der Waals surface area contributed by atoms with Gasteiger partial charge in [-0.25, -0.2) is 4.79 Å². The Morgan fingerprint density at radius 3 is 2.58 bits per heavy atom. The maximum absolute atomic E-state index is 11.7. The van der Waals surface area contributed by atoms with Crippen molar-refractivity contribution in [2.75, 3.05) is 25.7 Å². The lowest BCUT2D eigenvalue weighted by Gasteiger charge is -2.18. The van der Waals surface area contributed by atoms with Crippen LogP contribution in [0.2, 0.25) is 5.02 Å². The van der Waals surface area contributed by atoms with Crippen molar-refractivity contribution in [3.63, 3.8) is 0 Å². The normalized spacial score (nSPS) is 13.2. The number of esters is 1. The van der Waals surface area contributed by atoms with Crippen LogP contribution in [0.25, 0.3) is 0 Å². The molecule has 102 valence electrons. The van der Waals surface area contributed by atoms with Crippen molar-refractivity contribution >= 4 is 29.2 Å². The van der Waals surface area contributed by atoms with Gasteiger partial charge in [0.05, 0.1) is 24.9 Å². The van der Waals surface area contributed by atoms with Gasteiger partial charge >= 0.3 is 5.97 Å². The molecule has 0 saturated heterocycles. The van der Waals surface area contributed by atoms with E-state index in [1.54, 1.807) is 4.90 Å². The number of benzene rings is 1. The molecule has 6 heteroatoms. The fourth-order valence-corrected chi connectivity index (χ4v) is 2.67. The Kier molecular flexibility index (Phi) is 3.66. The van der Waals surface area contributed by atoms with Gasteiger partial charge in [0.1, 0.15) is 11.3 Å². The van der Waals surface area contributed by atoms with Gasteiger partial charge in [-0.15, -0.1) is 0 Å². The second-order valence-corrected chi connectivity index (χ2v) is 4.59. The second-order valence-electron chi connectivity index (χ2n) is 4.18. The van der Waals surface area contributed by atoms with E-state index in [0.29, 0.717) is 29.4 Å². The zero-order valence-corrected chi connectivity index (χ0v) is 11.7. The largest absolute Gasteiger partial charge is 0.495 e. The molecule has 0 bridgehead atoms. The van der Waals surface area contributed by atoms with Gasteiger partial charge in [0.2, 0.25) is 5.91 Å². The van der Waals surface area contributed by atoms with Gasteiger partial charge in [0.15, 0.2) is 0 Å². The molecule has 0 saturated carbocycles. The number of nitrogens with zero attached hydrogens (tertiary/aromatic N) is 1. The highest BCUT2D eigenvalue weighted by Gasteiger charge is 2.31. The van der Waals surface area contributed by atoms with Crippen LogP contribution < -0.4 is 9.64 Å². The number of carbonyl (C=O) groups is 2. The highest BCUT2D eigenvalue weighted by Crippen LogP contribution is 2.43. The number of hydrogen-bond donors (Lipinski definition) is 0. The summed E-state index contributed by atoms with van der Waals surface area (Å²) in [5.74, 6) is -0.175. The minimum absolute atomic E-state index is 0.0893. The summed E-state index contributed by atoms with van der Waals surface area (Å²) >= 11 is 6.19. The average molecular weight is 284 g/mol. The van der Waals surface area contributed by atoms with E-state index in [9.17, 15) is 9.59 Å². The first-order valence-electron chi connectivity index (χ1n) is 5.77. The van der Waals surface area contributed by atoms with E-state index in [1.165, 1.54) is 27.2 Å². The maximum atomic E-state index is 11.7. The lowest BCUT2D eigenvalue weighted by atomic mass is 10.1. The third-order valence-electron chi connectivity index (χ3n) is 3.15. The molecule has 1 aliphatic rings. The standard InChI is InChI=1S/C13H14ClNO4/c1-7(16)15-5-4-8-11(15)10(14)6-9(12(8)18-2)13(17)19-3/h6H,4-5H2,1-3H3. The Morgan fingerprint density at radius 2 is 2.05 bits per heavy atom. The van der Waals surface area contributed by atoms with Gasteiger partial charge in [-0.1, -0.05) is 11.6 Å². The lowest BCUT2D eigenvalue weighted by molar-refractivity contribution is -0.116. The molecule has 2 rings (SSSR count). The van der Waals surface area contributed by atoms with Crippen LogP contribution in [0.4, 0.5) is 5.69 Å². The zero-order valence-electron chi connectivity index (χ0n) is 10.9. The molecule has 0 spiro atoms. The van der Waals surface area contributed by atoms with Crippen LogP contribution in [-0.2, 0) is 16.0 Å². The molecule has 1 amide bonds. The molecule has 0 aromatic heterocycles. The van der Waals surface area contributed by atoms with Crippen molar-refractivity contribution in [2.24, 2.45) is 0 Å². The number of rotatable bonds is 2. The number of amides is 1. The number of carbonyl (C=O) groups excluding carboxylic acids is 2. The van der Waals surface area contributed by atoms with Crippen molar-refractivity contribution < 1.29 is 19.1 Å². The smallest absolute Gasteiger partial charge is 0.341 e. The Morgan fingerprint density at radius 1 is 1.37 bits per heavy atom. The highest BCUT2D eigenvalue weighted by atomic mass is 35.5. The predicted octanol–water partition coefficient (Wildman–Crippen LogP) is 2.04. The van der Waals surface area contributed by atoms with Gasteiger partial charge in [-0.2, -0.15) is 0 Å². The number of methoxy groups -OCH3 is 2. The quantitative estimate of drug-likeness (QED) is 0.780. The van der Waals surface area contributed by atoms with E-state index >= 15 is 0 Å². The van der Waals surface area contributed by atoms with Crippen molar-refractivity contribution in [3.05, 3.63) is 22.2 Å². The van der Waals surface area contributed by atoms with Crippen LogP contribution in [-0.4, -0.2) is 32.6 Å². The molecule has 1 aromatic carbocycles. The first kappa shape index (κ1) is 13.7. The van der Waals surface area contributed by atoms with Crippen LogP contribution in [0, 0.1) is 0 Å². The molecular weight excluding hydrogens is 270 g/mol. The first-order chi connectivity index (χ1) is 9.01. The number of fused-ring (bicyclic) bond motifs is 1. The van der Waals surface area contributed by atoms with Crippen molar-refractivity contribution in [2.45, 2.75) is 13.3 Å².